The summed E-state index contributed by atoms with van der Waals surface area (Å²) < 4.78 is 11.6. The van der Waals surface area contributed by atoms with Gasteiger partial charge in [-0.1, -0.05) is 20.3 Å². The molecular formula is C14H28N2O2. The van der Waals surface area contributed by atoms with Crippen LogP contribution in [0.15, 0.2) is 0 Å². The molecule has 0 bridgehead atoms. The summed E-state index contributed by atoms with van der Waals surface area (Å²) in [5, 5.41) is 0. The summed E-state index contributed by atoms with van der Waals surface area (Å²) in [6.45, 7) is 7.09. The van der Waals surface area contributed by atoms with Crippen LogP contribution in [0.1, 0.15) is 46.0 Å². The van der Waals surface area contributed by atoms with Crippen molar-refractivity contribution in [2.45, 2.75) is 57.6 Å². The van der Waals surface area contributed by atoms with Gasteiger partial charge in [0, 0.05) is 25.9 Å². The summed E-state index contributed by atoms with van der Waals surface area (Å²) in [4.78, 5) is 0. The highest BCUT2D eigenvalue weighted by Crippen LogP contribution is 2.39. The van der Waals surface area contributed by atoms with Gasteiger partial charge in [0.1, 0.15) is 0 Å². The molecule has 0 aromatic carbocycles. The lowest BCUT2D eigenvalue weighted by Gasteiger charge is -2.46. The average molecular weight is 256 g/mol. The van der Waals surface area contributed by atoms with Gasteiger partial charge in [-0.2, -0.15) is 0 Å². The Morgan fingerprint density at radius 2 is 2.06 bits per heavy atom. The topological polar surface area (TPSA) is 56.5 Å². The first-order valence-corrected chi connectivity index (χ1v) is 7.38. The Bertz CT molecular complexity index is 249. The first kappa shape index (κ1) is 14.3. The van der Waals surface area contributed by atoms with Crippen LogP contribution in [-0.4, -0.2) is 31.5 Å². The van der Waals surface area contributed by atoms with Crippen molar-refractivity contribution in [1.29, 1.82) is 0 Å². The van der Waals surface area contributed by atoms with Crippen LogP contribution in [0.4, 0.5) is 0 Å². The molecular weight excluding hydrogens is 228 g/mol. The van der Waals surface area contributed by atoms with E-state index >= 15 is 0 Å². The highest BCUT2D eigenvalue weighted by atomic mass is 16.5. The van der Waals surface area contributed by atoms with Crippen LogP contribution in [0.5, 0.6) is 0 Å². The zero-order valence-corrected chi connectivity index (χ0v) is 11.8. The summed E-state index contributed by atoms with van der Waals surface area (Å²) in [6, 6.07) is 0.415. The largest absolute Gasteiger partial charge is 0.381 e. The lowest BCUT2D eigenvalue weighted by atomic mass is 9.75. The lowest BCUT2D eigenvalue weighted by molar-refractivity contribution is -0.151. The SMILES string of the molecule is CCC(C)C(NN)C1CCOC2(CCOCC2)C1. The molecule has 0 aliphatic carbocycles. The Kier molecular flexibility index (Phi) is 5.01. The van der Waals surface area contributed by atoms with E-state index < -0.39 is 0 Å². The van der Waals surface area contributed by atoms with Crippen molar-refractivity contribution in [1.82, 2.24) is 5.43 Å². The maximum atomic E-state index is 6.10. The predicted octanol–water partition coefficient (Wildman–Crippen LogP) is 1.84. The standard InChI is InChI=1S/C14H28N2O2/c1-3-11(2)13(16-15)12-4-7-18-14(10-12)5-8-17-9-6-14/h11-13,16H,3-10,15H2,1-2H3. The number of nitrogens with one attached hydrogen (secondary N) is 1. The second kappa shape index (κ2) is 6.33. The molecule has 0 saturated carbocycles. The van der Waals surface area contributed by atoms with E-state index in [2.05, 4.69) is 19.3 Å². The van der Waals surface area contributed by atoms with Crippen LogP contribution >= 0.6 is 0 Å². The van der Waals surface area contributed by atoms with Gasteiger partial charge in [-0.15, -0.1) is 0 Å². The minimum absolute atomic E-state index is 0.0731. The van der Waals surface area contributed by atoms with Crippen molar-refractivity contribution in [2.75, 3.05) is 19.8 Å². The molecule has 3 unspecified atom stereocenters. The summed E-state index contributed by atoms with van der Waals surface area (Å²) >= 11 is 0. The number of ether oxygens (including phenoxy) is 2. The van der Waals surface area contributed by atoms with E-state index in [1.54, 1.807) is 0 Å². The van der Waals surface area contributed by atoms with Crippen molar-refractivity contribution in [3.05, 3.63) is 0 Å². The van der Waals surface area contributed by atoms with Gasteiger partial charge in [0.25, 0.3) is 0 Å². The molecule has 2 aliphatic rings. The fourth-order valence-corrected chi connectivity index (χ4v) is 3.48. The maximum absolute atomic E-state index is 6.10. The third kappa shape index (κ3) is 3.05. The zero-order valence-electron chi connectivity index (χ0n) is 11.8. The molecule has 2 heterocycles. The van der Waals surface area contributed by atoms with Gasteiger partial charge in [0.05, 0.1) is 5.60 Å². The van der Waals surface area contributed by atoms with Crippen LogP contribution in [-0.2, 0) is 9.47 Å². The Hall–Kier alpha value is -0.160. The molecule has 2 aliphatic heterocycles. The highest BCUT2D eigenvalue weighted by Gasteiger charge is 2.41. The molecule has 0 radical (unpaired) electrons. The van der Waals surface area contributed by atoms with Gasteiger partial charge in [0.15, 0.2) is 0 Å². The van der Waals surface area contributed by atoms with E-state index in [-0.39, 0.29) is 5.60 Å². The van der Waals surface area contributed by atoms with Gasteiger partial charge in [-0.05, 0) is 37.5 Å². The summed E-state index contributed by atoms with van der Waals surface area (Å²) in [7, 11) is 0. The van der Waals surface area contributed by atoms with Gasteiger partial charge in [-0.25, -0.2) is 0 Å². The van der Waals surface area contributed by atoms with Gasteiger partial charge in [-0.3, -0.25) is 11.3 Å². The third-order valence-electron chi connectivity index (χ3n) is 4.89. The average Bonchev–Trinajstić information content (AvgIpc) is 2.40. The van der Waals surface area contributed by atoms with Crippen LogP contribution in [0.3, 0.4) is 0 Å². The molecule has 3 atom stereocenters. The fraction of sp³-hybridized carbons (Fsp3) is 1.00. The van der Waals surface area contributed by atoms with Gasteiger partial charge < -0.3 is 9.47 Å². The highest BCUT2D eigenvalue weighted by molar-refractivity contribution is 4.93. The van der Waals surface area contributed by atoms with Crippen LogP contribution in [0.2, 0.25) is 0 Å². The van der Waals surface area contributed by atoms with E-state index in [1.165, 1.54) is 6.42 Å². The van der Waals surface area contributed by atoms with Crippen LogP contribution in [0.25, 0.3) is 0 Å². The number of hydrogen-bond acceptors (Lipinski definition) is 4. The smallest absolute Gasteiger partial charge is 0.0729 e. The van der Waals surface area contributed by atoms with Crippen molar-refractivity contribution >= 4 is 0 Å². The minimum atomic E-state index is 0.0731. The maximum Gasteiger partial charge on any atom is 0.0729 e. The Balaban J connectivity index is 2.00. The summed E-state index contributed by atoms with van der Waals surface area (Å²) in [5.41, 5.74) is 3.13. The van der Waals surface area contributed by atoms with Crippen LogP contribution < -0.4 is 11.3 Å². The van der Waals surface area contributed by atoms with Gasteiger partial charge >= 0.3 is 0 Å². The van der Waals surface area contributed by atoms with E-state index in [4.69, 9.17) is 15.3 Å². The summed E-state index contributed by atoms with van der Waals surface area (Å²) in [6.07, 6.45) is 5.52. The normalized spacial score (nSPS) is 31.2. The fourth-order valence-electron chi connectivity index (χ4n) is 3.48. The third-order valence-corrected chi connectivity index (χ3v) is 4.89. The molecule has 3 N–H and O–H groups in total. The Labute approximate surface area is 111 Å². The van der Waals surface area contributed by atoms with Crippen LogP contribution in [0, 0.1) is 11.8 Å². The van der Waals surface area contributed by atoms with Crippen molar-refractivity contribution < 1.29 is 9.47 Å². The van der Waals surface area contributed by atoms with Crippen molar-refractivity contribution in [2.24, 2.45) is 17.7 Å². The summed E-state index contributed by atoms with van der Waals surface area (Å²) in [5.74, 6) is 7.04. The second-order valence-electron chi connectivity index (χ2n) is 5.97. The van der Waals surface area contributed by atoms with E-state index in [0.717, 1.165) is 45.5 Å². The molecule has 2 fully saturated rings. The van der Waals surface area contributed by atoms with E-state index in [1.807, 2.05) is 0 Å². The zero-order chi connectivity index (χ0) is 13.0. The Morgan fingerprint density at radius 1 is 1.33 bits per heavy atom. The molecule has 2 saturated heterocycles. The Morgan fingerprint density at radius 3 is 2.67 bits per heavy atom. The van der Waals surface area contributed by atoms with E-state index in [0.29, 0.717) is 17.9 Å². The first-order chi connectivity index (χ1) is 8.71. The van der Waals surface area contributed by atoms with Crippen molar-refractivity contribution in [3.8, 4) is 0 Å². The number of hydrazine groups is 1. The second-order valence-corrected chi connectivity index (χ2v) is 5.97. The van der Waals surface area contributed by atoms with E-state index in [9.17, 15) is 0 Å². The van der Waals surface area contributed by atoms with Gasteiger partial charge in [0.2, 0.25) is 0 Å². The molecule has 1 spiro atoms. The monoisotopic (exact) mass is 256 g/mol. The molecule has 106 valence electrons. The number of hydrogen-bond donors (Lipinski definition) is 2. The lowest BCUT2D eigenvalue weighted by Crippen LogP contribution is -2.52. The molecule has 18 heavy (non-hydrogen) atoms. The molecule has 4 nitrogen and oxygen atoms in total. The number of rotatable bonds is 4. The quantitative estimate of drug-likeness (QED) is 0.595. The molecule has 2 rings (SSSR count). The first-order valence-electron chi connectivity index (χ1n) is 7.38. The minimum Gasteiger partial charge on any atom is -0.381 e. The molecule has 0 aromatic rings. The molecule has 4 heteroatoms. The number of nitrogens with two attached hydrogens (primary N) is 1. The van der Waals surface area contributed by atoms with Crippen molar-refractivity contribution in [3.63, 3.8) is 0 Å². The molecule has 0 aromatic heterocycles. The molecule has 0 amide bonds. The predicted molar refractivity (Wildman–Crippen MR) is 72.0 cm³/mol.